The Balaban J connectivity index is 1.36. The van der Waals surface area contributed by atoms with Crippen LogP contribution in [-0.4, -0.2) is 50.8 Å². The molecule has 2 aromatic heterocycles. The molecule has 4 aromatic rings. The average molecular weight is 386 g/mol. The van der Waals surface area contributed by atoms with Crippen molar-refractivity contribution in [3.05, 3.63) is 83.0 Å². The molecule has 0 bridgehead atoms. The summed E-state index contributed by atoms with van der Waals surface area (Å²) in [4.78, 5) is 24.9. The number of rotatable bonds is 4. The lowest BCUT2D eigenvalue weighted by atomic mass is 10.2. The Hall–Kier alpha value is -3.45. The van der Waals surface area contributed by atoms with Crippen molar-refractivity contribution < 1.29 is 0 Å². The van der Waals surface area contributed by atoms with Gasteiger partial charge in [0.15, 0.2) is 5.65 Å². The van der Waals surface area contributed by atoms with E-state index in [0.29, 0.717) is 23.4 Å². The first-order valence-corrected chi connectivity index (χ1v) is 9.83. The molecule has 1 saturated heterocycles. The summed E-state index contributed by atoms with van der Waals surface area (Å²) in [7, 11) is 0. The third-order valence-corrected chi connectivity index (χ3v) is 5.35. The van der Waals surface area contributed by atoms with Crippen LogP contribution >= 0.6 is 0 Å². The fourth-order valence-electron chi connectivity index (χ4n) is 3.81. The number of aromatic amines is 1. The third kappa shape index (κ3) is 3.52. The van der Waals surface area contributed by atoms with Gasteiger partial charge in [0, 0.05) is 31.9 Å². The van der Waals surface area contributed by atoms with Crippen LogP contribution in [0.3, 0.4) is 0 Å². The van der Waals surface area contributed by atoms with Crippen molar-refractivity contribution in [3.8, 4) is 5.69 Å². The first kappa shape index (κ1) is 17.6. The van der Waals surface area contributed by atoms with E-state index in [0.717, 1.165) is 31.9 Å². The molecule has 0 unspecified atom stereocenters. The third-order valence-electron chi connectivity index (χ3n) is 5.35. The molecule has 0 amide bonds. The van der Waals surface area contributed by atoms with E-state index in [9.17, 15) is 4.79 Å². The number of H-pyrrole nitrogens is 1. The molecule has 1 aliphatic rings. The van der Waals surface area contributed by atoms with E-state index in [1.165, 1.54) is 5.69 Å². The zero-order valence-corrected chi connectivity index (χ0v) is 16.0. The first-order valence-electron chi connectivity index (χ1n) is 9.83. The van der Waals surface area contributed by atoms with Gasteiger partial charge in [0.25, 0.3) is 5.56 Å². The number of benzene rings is 2. The monoisotopic (exact) mass is 386 g/mol. The highest BCUT2D eigenvalue weighted by Gasteiger charge is 2.19. The van der Waals surface area contributed by atoms with Gasteiger partial charge < -0.3 is 9.88 Å². The quantitative estimate of drug-likeness (QED) is 0.583. The van der Waals surface area contributed by atoms with E-state index < -0.39 is 0 Å². The molecule has 0 atom stereocenters. The molecule has 0 radical (unpaired) electrons. The minimum atomic E-state index is -0.143. The predicted molar refractivity (Wildman–Crippen MR) is 113 cm³/mol. The van der Waals surface area contributed by atoms with Gasteiger partial charge in [-0.1, -0.05) is 36.4 Å². The largest absolute Gasteiger partial charge is 0.369 e. The molecule has 29 heavy (non-hydrogen) atoms. The number of nitrogens with one attached hydrogen (secondary N) is 1. The lowest BCUT2D eigenvalue weighted by Gasteiger charge is -2.35. The summed E-state index contributed by atoms with van der Waals surface area (Å²) in [6, 6.07) is 20.2. The van der Waals surface area contributed by atoms with Crippen molar-refractivity contribution in [2.45, 2.75) is 6.54 Å². The fraction of sp³-hybridized carbons (Fsp3) is 0.227. The van der Waals surface area contributed by atoms with Crippen LogP contribution in [0.2, 0.25) is 0 Å². The van der Waals surface area contributed by atoms with Gasteiger partial charge in [-0.15, -0.1) is 0 Å². The number of piperazine rings is 1. The minimum absolute atomic E-state index is 0.143. The van der Waals surface area contributed by atoms with Crippen molar-refractivity contribution in [3.63, 3.8) is 0 Å². The van der Waals surface area contributed by atoms with Gasteiger partial charge in [-0.3, -0.25) is 9.69 Å². The molecular formula is C22H22N6O. The SMILES string of the molecule is O=c1[nH]c(CN2CCN(c3ccccc3)CC2)nc2c1cnn2-c1ccccc1. The minimum Gasteiger partial charge on any atom is -0.369 e. The second kappa shape index (κ2) is 7.52. The lowest BCUT2D eigenvalue weighted by Crippen LogP contribution is -2.46. The van der Waals surface area contributed by atoms with Gasteiger partial charge in [0.05, 0.1) is 18.4 Å². The Morgan fingerprint density at radius 2 is 1.52 bits per heavy atom. The Labute approximate surface area is 168 Å². The van der Waals surface area contributed by atoms with E-state index in [-0.39, 0.29) is 5.56 Å². The van der Waals surface area contributed by atoms with Crippen LogP contribution < -0.4 is 10.5 Å². The smallest absolute Gasteiger partial charge is 0.262 e. The summed E-state index contributed by atoms with van der Waals surface area (Å²) in [6.07, 6.45) is 1.58. The Kier molecular flexibility index (Phi) is 4.57. The molecule has 7 nitrogen and oxygen atoms in total. The van der Waals surface area contributed by atoms with Crippen molar-refractivity contribution >= 4 is 16.7 Å². The maximum atomic E-state index is 12.5. The molecule has 0 saturated carbocycles. The first-order chi connectivity index (χ1) is 14.3. The molecule has 0 spiro atoms. The predicted octanol–water partition coefficient (Wildman–Crippen LogP) is 2.43. The maximum absolute atomic E-state index is 12.5. The summed E-state index contributed by atoms with van der Waals surface area (Å²) < 4.78 is 1.72. The molecular weight excluding hydrogens is 364 g/mol. The molecule has 1 fully saturated rings. The molecule has 2 aromatic carbocycles. The normalized spacial score (nSPS) is 15.1. The second-order valence-electron chi connectivity index (χ2n) is 7.24. The van der Waals surface area contributed by atoms with E-state index >= 15 is 0 Å². The summed E-state index contributed by atoms with van der Waals surface area (Å²) in [5.74, 6) is 0.674. The van der Waals surface area contributed by atoms with E-state index in [1.807, 2.05) is 36.4 Å². The van der Waals surface area contributed by atoms with Gasteiger partial charge >= 0.3 is 0 Å². The van der Waals surface area contributed by atoms with Crippen LogP contribution in [0.1, 0.15) is 5.82 Å². The standard InChI is InChI=1S/C22H22N6O/c29-22-19-15-23-28(18-9-5-2-6-10-18)21(19)24-20(25-22)16-26-11-13-27(14-12-26)17-7-3-1-4-8-17/h1-10,15H,11-14,16H2,(H,24,25,29). The van der Waals surface area contributed by atoms with Crippen molar-refractivity contribution in [1.29, 1.82) is 0 Å². The lowest BCUT2D eigenvalue weighted by molar-refractivity contribution is 0.244. The summed E-state index contributed by atoms with van der Waals surface area (Å²) in [6.45, 7) is 4.38. The summed E-state index contributed by atoms with van der Waals surface area (Å²) in [5.41, 5.74) is 2.60. The number of nitrogens with zero attached hydrogens (tertiary/aromatic N) is 5. The average Bonchev–Trinajstić information content (AvgIpc) is 3.20. The van der Waals surface area contributed by atoms with Crippen LogP contribution in [0.4, 0.5) is 5.69 Å². The molecule has 1 N–H and O–H groups in total. The van der Waals surface area contributed by atoms with Gasteiger partial charge in [0.1, 0.15) is 11.2 Å². The van der Waals surface area contributed by atoms with Crippen LogP contribution in [0, 0.1) is 0 Å². The topological polar surface area (TPSA) is 70.1 Å². The molecule has 5 rings (SSSR count). The maximum Gasteiger partial charge on any atom is 0.262 e. The molecule has 1 aliphatic heterocycles. The highest BCUT2D eigenvalue weighted by Crippen LogP contribution is 2.17. The fourth-order valence-corrected chi connectivity index (χ4v) is 3.81. The van der Waals surface area contributed by atoms with Crippen molar-refractivity contribution in [1.82, 2.24) is 24.6 Å². The number of hydrogen-bond donors (Lipinski definition) is 1. The van der Waals surface area contributed by atoms with E-state index in [2.05, 4.69) is 44.1 Å². The van der Waals surface area contributed by atoms with Crippen molar-refractivity contribution in [2.24, 2.45) is 0 Å². The Bertz CT molecular complexity index is 1160. The summed E-state index contributed by atoms with van der Waals surface area (Å²) in [5, 5.41) is 4.88. The van der Waals surface area contributed by atoms with Crippen molar-refractivity contribution in [2.75, 3.05) is 31.1 Å². The molecule has 0 aliphatic carbocycles. The van der Waals surface area contributed by atoms with Gasteiger partial charge in [-0.25, -0.2) is 9.67 Å². The second-order valence-corrected chi connectivity index (χ2v) is 7.24. The van der Waals surface area contributed by atoms with Gasteiger partial charge in [-0.2, -0.15) is 5.10 Å². The van der Waals surface area contributed by atoms with Crippen LogP contribution in [0.25, 0.3) is 16.7 Å². The number of hydrogen-bond acceptors (Lipinski definition) is 5. The molecule has 146 valence electrons. The zero-order chi connectivity index (χ0) is 19.6. The number of para-hydroxylation sites is 2. The Morgan fingerprint density at radius 3 is 2.21 bits per heavy atom. The number of anilines is 1. The van der Waals surface area contributed by atoms with Crippen LogP contribution in [0.5, 0.6) is 0 Å². The zero-order valence-electron chi connectivity index (χ0n) is 16.0. The summed E-state index contributed by atoms with van der Waals surface area (Å²) >= 11 is 0. The molecule has 3 heterocycles. The Morgan fingerprint density at radius 1 is 0.862 bits per heavy atom. The van der Waals surface area contributed by atoms with E-state index in [4.69, 9.17) is 4.98 Å². The number of aromatic nitrogens is 4. The van der Waals surface area contributed by atoms with Crippen LogP contribution in [0.15, 0.2) is 71.7 Å². The van der Waals surface area contributed by atoms with E-state index in [1.54, 1.807) is 10.9 Å². The highest BCUT2D eigenvalue weighted by molar-refractivity contribution is 5.75. The highest BCUT2D eigenvalue weighted by atomic mass is 16.1. The number of fused-ring (bicyclic) bond motifs is 1. The molecule has 7 heteroatoms. The van der Waals surface area contributed by atoms with Crippen LogP contribution in [-0.2, 0) is 6.54 Å². The van der Waals surface area contributed by atoms with Gasteiger partial charge in [-0.05, 0) is 24.3 Å². The van der Waals surface area contributed by atoms with Gasteiger partial charge in [0.2, 0.25) is 0 Å².